The molecule has 3 heteroatoms. The van der Waals surface area contributed by atoms with Crippen molar-refractivity contribution < 1.29 is 4.79 Å². The summed E-state index contributed by atoms with van der Waals surface area (Å²) in [6.45, 7) is 1.94. The first-order valence-corrected chi connectivity index (χ1v) is 4.15. The highest BCUT2D eigenvalue weighted by Crippen LogP contribution is 2.13. The molecule has 2 atom stereocenters. The van der Waals surface area contributed by atoms with Crippen LogP contribution in [-0.2, 0) is 4.79 Å². The lowest BCUT2D eigenvalue weighted by Crippen LogP contribution is -2.06. The van der Waals surface area contributed by atoms with Crippen molar-refractivity contribution in [1.82, 2.24) is 0 Å². The number of carbonyl (C=O) groups is 1. The van der Waals surface area contributed by atoms with Gasteiger partial charge < -0.3 is 4.79 Å². The normalized spacial score (nSPS) is 15.3. The second-order valence-corrected chi connectivity index (χ2v) is 3.24. The van der Waals surface area contributed by atoms with E-state index >= 15 is 0 Å². The number of halogens is 1. The quantitative estimate of drug-likeness (QED) is 0.518. The summed E-state index contributed by atoms with van der Waals surface area (Å²) in [5.74, 6) is 0.0315. The van der Waals surface area contributed by atoms with Gasteiger partial charge in [0.05, 0.1) is 6.07 Å². The fraction of sp³-hybridized carbons (Fsp3) is 0.714. The second-order valence-electron chi connectivity index (χ2n) is 2.14. The van der Waals surface area contributed by atoms with Crippen LogP contribution in [0.2, 0.25) is 0 Å². The molecule has 0 saturated carbocycles. The largest absolute Gasteiger partial charge is 0.303 e. The van der Waals surface area contributed by atoms with E-state index in [2.05, 4.69) is 15.9 Å². The van der Waals surface area contributed by atoms with E-state index in [9.17, 15) is 4.79 Å². The Morgan fingerprint density at radius 2 is 2.40 bits per heavy atom. The Morgan fingerprint density at radius 1 is 1.80 bits per heavy atom. The first kappa shape index (κ1) is 9.64. The minimum absolute atomic E-state index is 0.0315. The van der Waals surface area contributed by atoms with E-state index in [0.29, 0.717) is 6.42 Å². The molecule has 0 N–H and O–H groups in total. The Balaban J connectivity index is 3.64. The van der Waals surface area contributed by atoms with Gasteiger partial charge in [-0.3, -0.25) is 0 Å². The molecule has 0 fully saturated rings. The zero-order valence-corrected chi connectivity index (χ0v) is 7.47. The van der Waals surface area contributed by atoms with Crippen molar-refractivity contribution >= 4 is 22.2 Å². The maximum absolute atomic E-state index is 10.3. The van der Waals surface area contributed by atoms with Crippen LogP contribution in [0.25, 0.3) is 0 Å². The maximum Gasteiger partial charge on any atom is 0.123 e. The number of alkyl halides is 1. The van der Waals surface area contributed by atoms with Gasteiger partial charge in [-0.1, -0.05) is 22.9 Å². The molecule has 0 heterocycles. The molecule has 10 heavy (non-hydrogen) atoms. The minimum Gasteiger partial charge on any atom is -0.303 e. The van der Waals surface area contributed by atoms with Gasteiger partial charge in [-0.2, -0.15) is 5.26 Å². The Labute approximate surface area is 69.4 Å². The van der Waals surface area contributed by atoms with Crippen molar-refractivity contribution in [3.63, 3.8) is 0 Å². The molecule has 0 aliphatic carbocycles. The van der Waals surface area contributed by atoms with Crippen molar-refractivity contribution in [2.24, 2.45) is 5.92 Å². The molecule has 0 aromatic rings. The lowest BCUT2D eigenvalue weighted by Gasteiger charge is -2.05. The molecule has 0 spiro atoms. The van der Waals surface area contributed by atoms with Crippen LogP contribution in [0.1, 0.15) is 19.8 Å². The summed E-state index contributed by atoms with van der Waals surface area (Å²) >= 11 is 3.14. The standard InChI is InChI=1S/C7H10BrNO/c1-2-6(5-10)3-7(8)4-9/h5-7H,2-3H2,1H3. The van der Waals surface area contributed by atoms with Crippen molar-refractivity contribution in [3.05, 3.63) is 0 Å². The molecule has 0 saturated heterocycles. The van der Waals surface area contributed by atoms with Gasteiger partial charge in [-0.15, -0.1) is 0 Å². The molecule has 2 unspecified atom stereocenters. The van der Waals surface area contributed by atoms with E-state index in [0.717, 1.165) is 12.7 Å². The minimum atomic E-state index is -0.178. The first-order chi connectivity index (χ1) is 4.74. The smallest absolute Gasteiger partial charge is 0.123 e. The summed E-state index contributed by atoms with van der Waals surface area (Å²) in [6.07, 6.45) is 2.34. The zero-order valence-electron chi connectivity index (χ0n) is 5.88. The van der Waals surface area contributed by atoms with Crippen LogP contribution in [0.3, 0.4) is 0 Å². The van der Waals surface area contributed by atoms with Crippen LogP contribution in [0, 0.1) is 17.2 Å². The third-order valence-electron chi connectivity index (χ3n) is 1.37. The Kier molecular flexibility index (Phi) is 5.23. The molecule has 0 aromatic carbocycles. The fourth-order valence-electron chi connectivity index (χ4n) is 0.637. The number of rotatable bonds is 4. The average Bonchev–Trinajstić information content (AvgIpc) is 1.99. The van der Waals surface area contributed by atoms with Gasteiger partial charge in [0.25, 0.3) is 0 Å². The zero-order chi connectivity index (χ0) is 7.98. The van der Waals surface area contributed by atoms with Crippen LogP contribution < -0.4 is 0 Å². The van der Waals surface area contributed by atoms with E-state index in [1.807, 2.05) is 13.0 Å². The first-order valence-electron chi connectivity index (χ1n) is 3.23. The van der Waals surface area contributed by atoms with Gasteiger partial charge in [0.1, 0.15) is 11.1 Å². The summed E-state index contributed by atoms with van der Waals surface area (Å²) in [7, 11) is 0. The molecular formula is C7H10BrNO. The van der Waals surface area contributed by atoms with Crippen molar-refractivity contribution in [2.45, 2.75) is 24.6 Å². The van der Waals surface area contributed by atoms with Gasteiger partial charge in [0, 0.05) is 5.92 Å². The van der Waals surface area contributed by atoms with E-state index in [-0.39, 0.29) is 10.7 Å². The SMILES string of the molecule is CCC(C=O)CC(Br)C#N. The molecule has 0 rings (SSSR count). The molecule has 0 aliphatic heterocycles. The lowest BCUT2D eigenvalue weighted by molar-refractivity contribution is -0.111. The molecule has 0 aromatic heterocycles. The Hall–Kier alpha value is -0.360. The molecule has 56 valence electrons. The summed E-state index contributed by atoms with van der Waals surface area (Å²) in [4.78, 5) is 10.1. The van der Waals surface area contributed by atoms with Gasteiger partial charge in [-0.25, -0.2) is 0 Å². The van der Waals surface area contributed by atoms with Gasteiger partial charge in [0.2, 0.25) is 0 Å². The summed E-state index contributed by atoms with van der Waals surface area (Å²) < 4.78 is 0. The molecule has 2 nitrogen and oxygen atoms in total. The lowest BCUT2D eigenvalue weighted by atomic mass is 10.0. The predicted octanol–water partition coefficient (Wildman–Crippen LogP) is 1.89. The van der Waals surface area contributed by atoms with Crippen molar-refractivity contribution in [3.8, 4) is 6.07 Å². The van der Waals surface area contributed by atoms with E-state index in [1.165, 1.54) is 0 Å². The molecular weight excluding hydrogens is 194 g/mol. The highest BCUT2D eigenvalue weighted by atomic mass is 79.9. The van der Waals surface area contributed by atoms with Crippen LogP contribution in [-0.4, -0.2) is 11.1 Å². The van der Waals surface area contributed by atoms with E-state index in [4.69, 9.17) is 5.26 Å². The van der Waals surface area contributed by atoms with Crippen LogP contribution in [0.5, 0.6) is 0 Å². The van der Waals surface area contributed by atoms with Crippen LogP contribution in [0.15, 0.2) is 0 Å². The third-order valence-corrected chi connectivity index (χ3v) is 1.95. The number of hydrogen-bond donors (Lipinski definition) is 0. The van der Waals surface area contributed by atoms with Gasteiger partial charge in [0.15, 0.2) is 0 Å². The number of carbonyl (C=O) groups excluding carboxylic acids is 1. The highest BCUT2D eigenvalue weighted by Gasteiger charge is 2.10. The summed E-state index contributed by atoms with van der Waals surface area (Å²) in [5, 5.41) is 8.36. The summed E-state index contributed by atoms with van der Waals surface area (Å²) in [6, 6.07) is 2.02. The third kappa shape index (κ3) is 3.62. The van der Waals surface area contributed by atoms with Gasteiger partial charge >= 0.3 is 0 Å². The average molecular weight is 204 g/mol. The van der Waals surface area contributed by atoms with E-state index < -0.39 is 0 Å². The molecule has 0 bridgehead atoms. The molecule has 0 aliphatic rings. The monoisotopic (exact) mass is 203 g/mol. The van der Waals surface area contributed by atoms with Gasteiger partial charge in [-0.05, 0) is 12.8 Å². The Morgan fingerprint density at radius 3 is 2.70 bits per heavy atom. The second kappa shape index (κ2) is 5.43. The van der Waals surface area contributed by atoms with Crippen molar-refractivity contribution in [1.29, 1.82) is 5.26 Å². The summed E-state index contributed by atoms with van der Waals surface area (Å²) in [5.41, 5.74) is 0. The number of nitrogens with zero attached hydrogens (tertiary/aromatic N) is 1. The topological polar surface area (TPSA) is 40.9 Å². The fourth-order valence-corrected chi connectivity index (χ4v) is 1.12. The number of nitriles is 1. The van der Waals surface area contributed by atoms with Crippen molar-refractivity contribution in [2.75, 3.05) is 0 Å². The predicted molar refractivity (Wildman–Crippen MR) is 42.8 cm³/mol. The Bertz CT molecular complexity index is 141. The maximum atomic E-state index is 10.3. The highest BCUT2D eigenvalue weighted by molar-refractivity contribution is 9.09. The van der Waals surface area contributed by atoms with Crippen LogP contribution in [0.4, 0.5) is 0 Å². The molecule has 0 amide bonds. The van der Waals surface area contributed by atoms with Crippen LogP contribution >= 0.6 is 15.9 Å². The number of hydrogen-bond acceptors (Lipinski definition) is 2. The number of aldehydes is 1. The molecule has 0 radical (unpaired) electrons. The van der Waals surface area contributed by atoms with E-state index in [1.54, 1.807) is 0 Å².